The Labute approximate surface area is 70.3 Å². The van der Waals surface area contributed by atoms with Crippen molar-refractivity contribution in [3.8, 4) is 0 Å². The van der Waals surface area contributed by atoms with E-state index in [2.05, 4.69) is 0 Å². The highest BCUT2D eigenvalue weighted by Gasteiger charge is 2.22. The minimum absolute atomic E-state index is 0. The summed E-state index contributed by atoms with van der Waals surface area (Å²) in [5, 5.41) is 42.6. The summed E-state index contributed by atoms with van der Waals surface area (Å²) in [6.45, 7) is -1.28. The summed E-state index contributed by atoms with van der Waals surface area (Å²) in [4.78, 5) is 0. The van der Waals surface area contributed by atoms with Crippen LogP contribution in [-0.2, 0) is 0 Å². The number of hydrogen-bond donors (Lipinski definition) is 5. The first-order valence-electron chi connectivity index (χ1n) is 2.89. The maximum Gasteiger partial charge on any atom is 0.110 e. The van der Waals surface area contributed by atoms with E-state index in [1.54, 1.807) is 0 Å². The van der Waals surface area contributed by atoms with Gasteiger partial charge < -0.3 is 25.5 Å². The monoisotopic (exact) mass is 188 g/mol. The first kappa shape index (κ1) is 13.7. The predicted octanol–water partition coefficient (Wildman–Crippen LogP) is -2.52. The fourth-order valence-electron chi connectivity index (χ4n) is 0.472. The van der Waals surface area contributed by atoms with Crippen LogP contribution < -0.4 is 0 Å². The molecule has 5 nitrogen and oxygen atoms in total. The minimum atomic E-state index is -1.49. The van der Waals surface area contributed by atoms with Crippen molar-refractivity contribution in [1.82, 2.24) is 0 Å². The zero-order valence-electron chi connectivity index (χ0n) is 5.79. The van der Waals surface area contributed by atoms with E-state index in [0.717, 1.165) is 0 Å². The molecular formula is C5H13ClO5. The van der Waals surface area contributed by atoms with Crippen LogP contribution in [0.15, 0.2) is 0 Å². The van der Waals surface area contributed by atoms with Gasteiger partial charge in [-0.05, 0) is 0 Å². The Morgan fingerprint density at radius 3 is 1.27 bits per heavy atom. The highest BCUT2D eigenvalue weighted by atomic mass is 35.5. The molecule has 0 saturated heterocycles. The highest BCUT2D eigenvalue weighted by molar-refractivity contribution is 5.85. The van der Waals surface area contributed by atoms with Gasteiger partial charge in [0.05, 0.1) is 13.2 Å². The molecule has 0 amide bonds. The van der Waals surface area contributed by atoms with Crippen molar-refractivity contribution in [2.45, 2.75) is 18.3 Å². The fraction of sp³-hybridized carbons (Fsp3) is 1.00. The van der Waals surface area contributed by atoms with Gasteiger partial charge in [0, 0.05) is 0 Å². The Hall–Kier alpha value is 0.0900. The molecule has 0 aliphatic rings. The number of halogens is 1. The number of hydrogen-bond acceptors (Lipinski definition) is 5. The molecule has 5 N–H and O–H groups in total. The zero-order valence-corrected chi connectivity index (χ0v) is 6.61. The van der Waals surface area contributed by atoms with Crippen LogP contribution in [-0.4, -0.2) is 57.1 Å². The number of aliphatic hydroxyl groups is 5. The molecule has 0 heterocycles. The van der Waals surface area contributed by atoms with Gasteiger partial charge in [-0.25, -0.2) is 0 Å². The van der Waals surface area contributed by atoms with Crippen molar-refractivity contribution >= 4 is 12.4 Å². The minimum Gasteiger partial charge on any atom is -0.394 e. The second-order valence-corrected chi connectivity index (χ2v) is 1.99. The van der Waals surface area contributed by atoms with Gasteiger partial charge in [-0.1, -0.05) is 0 Å². The fourth-order valence-corrected chi connectivity index (χ4v) is 0.472. The summed E-state index contributed by atoms with van der Waals surface area (Å²) in [6, 6.07) is 0. The van der Waals surface area contributed by atoms with Gasteiger partial charge in [0.1, 0.15) is 18.3 Å². The second kappa shape index (κ2) is 6.78. The number of aliphatic hydroxyl groups excluding tert-OH is 5. The molecule has 11 heavy (non-hydrogen) atoms. The van der Waals surface area contributed by atoms with Gasteiger partial charge >= 0.3 is 0 Å². The van der Waals surface area contributed by atoms with E-state index < -0.39 is 31.5 Å². The van der Waals surface area contributed by atoms with Gasteiger partial charge in [0.25, 0.3) is 0 Å². The van der Waals surface area contributed by atoms with E-state index in [0.29, 0.717) is 0 Å². The zero-order chi connectivity index (χ0) is 8.15. The van der Waals surface area contributed by atoms with Crippen LogP contribution in [0.4, 0.5) is 0 Å². The van der Waals surface area contributed by atoms with Crippen LogP contribution in [0.1, 0.15) is 0 Å². The normalized spacial score (nSPS) is 18.3. The van der Waals surface area contributed by atoms with Gasteiger partial charge in [0.15, 0.2) is 0 Å². The highest BCUT2D eigenvalue weighted by Crippen LogP contribution is 1.97. The van der Waals surface area contributed by atoms with Crippen molar-refractivity contribution in [2.75, 3.05) is 13.2 Å². The van der Waals surface area contributed by atoms with Crippen LogP contribution in [0.2, 0.25) is 0 Å². The third-order valence-electron chi connectivity index (χ3n) is 1.16. The molecule has 0 aliphatic carbocycles. The maximum atomic E-state index is 8.77. The lowest BCUT2D eigenvalue weighted by molar-refractivity contribution is -0.0900. The molecule has 0 aromatic carbocycles. The molecule has 0 spiro atoms. The van der Waals surface area contributed by atoms with Crippen molar-refractivity contribution in [1.29, 1.82) is 0 Å². The molecular weight excluding hydrogens is 176 g/mol. The molecule has 0 aromatic heterocycles. The van der Waals surface area contributed by atoms with Crippen LogP contribution in [0, 0.1) is 0 Å². The lowest BCUT2D eigenvalue weighted by atomic mass is 10.1. The molecule has 0 fully saturated rings. The van der Waals surface area contributed by atoms with Gasteiger partial charge in [-0.2, -0.15) is 0 Å². The predicted molar refractivity (Wildman–Crippen MR) is 39.4 cm³/mol. The molecule has 0 bridgehead atoms. The van der Waals surface area contributed by atoms with Crippen LogP contribution in [0.3, 0.4) is 0 Å². The number of rotatable bonds is 4. The average molecular weight is 189 g/mol. The first-order valence-corrected chi connectivity index (χ1v) is 2.89. The topological polar surface area (TPSA) is 101 Å². The summed E-state index contributed by atoms with van der Waals surface area (Å²) in [7, 11) is 0. The quantitative estimate of drug-likeness (QED) is 0.335. The van der Waals surface area contributed by atoms with Gasteiger partial charge in [0.2, 0.25) is 0 Å². The van der Waals surface area contributed by atoms with Crippen molar-refractivity contribution < 1.29 is 25.5 Å². The smallest absolute Gasteiger partial charge is 0.110 e. The Morgan fingerprint density at radius 2 is 1.09 bits per heavy atom. The third kappa shape index (κ3) is 4.52. The SMILES string of the molecule is Cl.OC[C@@H](O)C(O)[C@@H](O)CO. The van der Waals surface area contributed by atoms with Gasteiger partial charge in [-0.15, -0.1) is 12.4 Å². The first-order chi connectivity index (χ1) is 4.63. The van der Waals surface area contributed by atoms with E-state index in [1.807, 2.05) is 0 Å². The van der Waals surface area contributed by atoms with E-state index in [1.165, 1.54) is 0 Å². The van der Waals surface area contributed by atoms with E-state index in [4.69, 9.17) is 25.5 Å². The van der Waals surface area contributed by atoms with Crippen molar-refractivity contribution in [3.63, 3.8) is 0 Å². The second-order valence-electron chi connectivity index (χ2n) is 1.99. The molecule has 0 radical (unpaired) electrons. The lowest BCUT2D eigenvalue weighted by Gasteiger charge is -2.19. The molecule has 70 valence electrons. The molecule has 0 aliphatic heterocycles. The molecule has 6 heteroatoms. The summed E-state index contributed by atoms with van der Waals surface area (Å²) in [6.07, 6.45) is -4.29. The third-order valence-corrected chi connectivity index (χ3v) is 1.16. The Morgan fingerprint density at radius 1 is 0.818 bits per heavy atom. The van der Waals surface area contributed by atoms with E-state index in [-0.39, 0.29) is 12.4 Å². The van der Waals surface area contributed by atoms with Crippen molar-refractivity contribution in [2.24, 2.45) is 0 Å². The van der Waals surface area contributed by atoms with E-state index in [9.17, 15) is 0 Å². The summed E-state index contributed by atoms with van der Waals surface area (Å²) < 4.78 is 0. The van der Waals surface area contributed by atoms with Crippen LogP contribution in [0.25, 0.3) is 0 Å². The standard InChI is InChI=1S/C5H12O5.ClH/c6-1-3(8)5(10)4(9)2-7;/h3-10H,1-2H2;1H/t3-,4+,5?;. The molecule has 0 aromatic rings. The average Bonchev–Trinajstić information content (AvgIpc) is 2.00. The Bertz CT molecular complexity index is 80.9. The Balaban J connectivity index is 0. The molecule has 0 rings (SSSR count). The summed E-state index contributed by atoms with van der Waals surface area (Å²) in [5.41, 5.74) is 0. The van der Waals surface area contributed by atoms with Crippen molar-refractivity contribution in [3.05, 3.63) is 0 Å². The molecule has 0 saturated carbocycles. The molecule has 3 atom stereocenters. The maximum absolute atomic E-state index is 8.77. The van der Waals surface area contributed by atoms with Gasteiger partial charge in [-0.3, -0.25) is 0 Å². The van der Waals surface area contributed by atoms with Crippen LogP contribution >= 0.6 is 12.4 Å². The Kier molecular flexibility index (Phi) is 8.42. The largest absolute Gasteiger partial charge is 0.394 e. The molecule has 1 unspecified atom stereocenters. The summed E-state index contributed by atoms with van der Waals surface area (Å²) >= 11 is 0. The lowest BCUT2D eigenvalue weighted by Crippen LogP contribution is -2.41. The van der Waals surface area contributed by atoms with Crippen LogP contribution in [0.5, 0.6) is 0 Å². The summed E-state index contributed by atoms with van der Waals surface area (Å²) in [5.74, 6) is 0. The van der Waals surface area contributed by atoms with E-state index >= 15 is 0 Å².